The number of hydrogen-bond donors (Lipinski definition) is 3. The van der Waals surface area contributed by atoms with Gasteiger partial charge >= 0.3 is 0 Å². The van der Waals surface area contributed by atoms with Crippen molar-refractivity contribution in [2.75, 3.05) is 17.2 Å². The lowest BCUT2D eigenvalue weighted by molar-refractivity contribution is 0.753. The molecule has 138 valence electrons. The van der Waals surface area contributed by atoms with E-state index >= 15 is 0 Å². The van der Waals surface area contributed by atoms with Gasteiger partial charge in [-0.1, -0.05) is 84.9 Å². The first-order valence-corrected chi connectivity index (χ1v) is 9.26. The van der Waals surface area contributed by atoms with Crippen molar-refractivity contribution in [3.05, 3.63) is 125 Å². The smallest absolute Gasteiger partial charge is 0.0761 e. The van der Waals surface area contributed by atoms with Crippen molar-refractivity contribution in [2.24, 2.45) is 0 Å². The summed E-state index contributed by atoms with van der Waals surface area (Å²) in [6.45, 7) is 0. The molecular formula is C25H23N3. The topological polar surface area (TPSA) is 78.1 Å². The van der Waals surface area contributed by atoms with Crippen LogP contribution in [-0.4, -0.2) is 0 Å². The molecule has 28 heavy (non-hydrogen) atoms. The number of hydrogen-bond acceptors (Lipinski definition) is 3. The molecule has 0 radical (unpaired) electrons. The molecule has 0 aliphatic carbocycles. The molecule has 0 heterocycles. The molecule has 0 aliphatic rings. The first-order valence-electron chi connectivity index (χ1n) is 9.26. The largest absolute Gasteiger partial charge is 0.398 e. The van der Waals surface area contributed by atoms with E-state index < -0.39 is 5.41 Å². The summed E-state index contributed by atoms with van der Waals surface area (Å²) in [5, 5.41) is 0. The Bertz CT molecular complexity index is 992. The summed E-state index contributed by atoms with van der Waals surface area (Å²) in [4.78, 5) is 0. The fourth-order valence-corrected chi connectivity index (χ4v) is 4.11. The SMILES string of the molecule is Nc1ccccc1C(c1ccccc1)(c1ccccc1N)c1ccccc1N. The summed E-state index contributed by atoms with van der Waals surface area (Å²) in [5.41, 5.74) is 24.9. The second kappa shape index (κ2) is 7.12. The van der Waals surface area contributed by atoms with Crippen molar-refractivity contribution in [2.45, 2.75) is 5.41 Å². The van der Waals surface area contributed by atoms with Gasteiger partial charge in [0.2, 0.25) is 0 Å². The third kappa shape index (κ3) is 2.69. The molecule has 3 nitrogen and oxygen atoms in total. The fraction of sp³-hybridized carbons (Fsp3) is 0.0400. The molecule has 0 unspecified atom stereocenters. The molecule has 0 saturated carbocycles. The van der Waals surface area contributed by atoms with Gasteiger partial charge in [-0.15, -0.1) is 0 Å². The van der Waals surface area contributed by atoms with E-state index in [1.54, 1.807) is 0 Å². The first kappa shape index (κ1) is 17.7. The van der Waals surface area contributed by atoms with Crippen molar-refractivity contribution in [3.63, 3.8) is 0 Å². The Balaban J connectivity index is 2.24. The molecule has 0 atom stereocenters. The standard InChI is InChI=1S/C25H23N3/c26-22-15-7-4-12-19(22)25(18-10-2-1-3-11-18,20-13-5-8-16-23(20)27)21-14-6-9-17-24(21)28/h1-17H,26-28H2. The van der Waals surface area contributed by atoms with Gasteiger partial charge in [-0.2, -0.15) is 0 Å². The third-order valence-corrected chi connectivity index (χ3v) is 5.30. The van der Waals surface area contributed by atoms with Gasteiger partial charge in [0.15, 0.2) is 0 Å². The van der Waals surface area contributed by atoms with E-state index in [-0.39, 0.29) is 0 Å². The van der Waals surface area contributed by atoms with E-state index in [0.29, 0.717) is 17.1 Å². The Morgan fingerprint density at radius 3 is 1.07 bits per heavy atom. The molecule has 0 aromatic heterocycles. The van der Waals surface area contributed by atoms with Crippen LogP contribution in [0.25, 0.3) is 0 Å². The zero-order chi connectivity index (χ0) is 19.6. The average molecular weight is 365 g/mol. The van der Waals surface area contributed by atoms with Gasteiger partial charge in [0.1, 0.15) is 0 Å². The normalized spacial score (nSPS) is 11.3. The highest BCUT2D eigenvalue weighted by Gasteiger charge is 2.42. The lowest BCUT2D eigenvalue weighted by Crippen LogP contribution is -2.33. The van der Waals surface area contributed by atoms with Crippen molar-refractivity contribution in [1.29, 1.82) is 0 Å². The maximum atomic E-state index is 6.54. The minimum Gasteiger partial charge on any atom is -0.398 e. The van der Waals surface area contributed by atoms with E-state index in [0.717, 1.165) is 22.3 Å². The molecule has 0 aliphatic heterocycles. The Hall–Kier alpha value is -3.72. The van der Waals surface area contributed by atoms with Gasteiger partial charge in [-0.3, -0.25) is 0 Å². The van der Waals surface area contributed by atoms with Crippen molar-refractivity contribution >= 4 is 17.1 Å². The maximum absolute atomic E-state index is 6.54. The number of benzene rings is 4. The van der Waals surface area contributed by atoms with Crippen LogP contribution in [0.1, 0.15) is 22.3 Å². The van der Waals surface area contributed by atoms with E-state index in [1.165, 1.54) is 0 Å². The van der Waals surface area contributed by atoms with E-state index in [1.807, 2.05) is 72.8 Å². The lowest BCUT2D eigenvalue weighted by atomic mass is 9.64. The minimum atomic E-state index is -0.733. The van der Waals surface area contributed by atoms with Crippen LogP contribution in [0.2, 0.25) is 0 Å². The summed E-state index contributed by atoms with van der Waals surface area (Å²) in [6, 6.07) is 34.0. The van der Waals surface area contributed by atoms with Gasteiger partial charge in [0.05, 0.1) is 5.41 Å². The fourth-order valence-electron chi connectivity index (χ4n) is 4.11. The Morgan fingerprint density at radius 1 is 0.393 bits per heavy atom. The molecule has 0 spiro atoms. The summed E-state index contributed by atoms with van der Waals surface area (Å²) < 4.78 is 0. The van der Waals surface area contributed by atoms with Crippen LogP contribution in [0.3, 0.4) is 0 Å². The molecule has 6 N–H and O–H groups in total. The molecule has 3 heteroatoms. The summed E-state index contributed by atoms with van der Waals surface area (Å²) >= 11 is 0. The summed E-state index contributed by atoms with van der Waals surface area (Å²) in [7, 11) is 0. The van der Waals surface area contributed by atoms with Crippen LogP contribution in [0.4, 0.5) is 17.1 Å². The van der Waals surface area contributed by atoms with E-state index in [9.17, 15) is 0 Å². The highest BCUT2D eigenvalue weighted by Crippen LogP contribution is 2.50. The zero-order valence-electron chi connectivity index (χ0n) is 15.5. The molecular weight excluding hydrogens is 342 g/mol. The van der Waals surface area contributed by atoms with Gasteiger partial charge in [0, 0.05) is 17.1 Å². The molecule has 4 aromatic carbocycles. The van der Waals surface area contributed by atoms with Crippen molar-refractivity contribution in [3.8, 4) is 0 Å². The van der Waals surface area contributed by atoms with Crippen LogP contribution in [0.15, 0.2) is 103 Å². The highest BCUT2D eigenvalue weighted by molar-refractivity contribution is 5.74. The average Bonchev–Trinajstić information content (AvgIpc) is 2.73. The van der Waals surface area contributed by atoms with Crippen LogP contribution in [-0.2, 0) is 5.41 Å². The van der Waals surface area contributed by atoms with E-state index in [2.05, 4.69) is 30.3 Å². The lowest BCUT2D eigenvalue weighted by Gasteiger charge is -2.39. The zero-order valence-corrected chi connectivity index (χ0v) is 15.5. The molecule has 4 aromatic rings. The van der Waals surface area contributed by atoms with Gasteiger partial charge in [-0.25, -0.2) is 0 Å². The van der Waals surface area contributed by atoms with Gasteiger partial charge in [-0.05, 0) is 40.5 Å². The van der Waals surface area contributed by atoms with Crippen LogP contribution >= 0.6 is 0 Å². The van der Waals surface area contributed by atoms with Crippen LogP contribution in [0.5, 0.6) is 0 Å². The van der Waals surface area contributed by atoms with Crippen molar-refractivity contribution < 1.29 is 0 Å². The highest BCUT2D eigenvalue weighted by atomic mass is 14.6. The minimum absolute atomic E-state index is 0.692. The van der Waals surface area contributed by atoms with Crippen LogP contribution in [0, 0.1) is 0 Å². The summed E-state index contributed by atoms with van der Waals surface area (Å²) in [5.74, 6) is 0. The monoisotopic (exact) mass is 365 g/mol. The second-order valence-corrected chi connectivity index (χ2v) is 6.88. The quantitative estimate of drug-likeness (QED) is 0.358. The third-order valence-electron chi connectivity index (χ3n) is 5.30. The van der Waals surface area contributed by atoms with Crippen molar-refractivity contribution in [1.82, 2.24) is 0 Å². The van der Waals surface area contributed by atoms with Gasteiger partial charge < -0.3 is 17.2 Å². The Labute approximate surface area is 165 Å². The Morgan fingerprint density at radius 2 is 0.714 bits per heavy atom. The Kier molecular flexibility index (Phi) is 4.50. The molecule has 0 bridgehead atoms. The first-order chi connectivity index (χ1) is 13.7. The summed E-state index contributed by atoms with van der Waals surface area (Å²) in [6.07, 6.45) is 0. The van der Waals surface area contributed by atoms with E-state index in [4.69, 9.17) is 17.2 Å². The number of nitrogens with two attached hydrogens (primary N) is 3. The number of para-hydroxylation sites is 3. The van der Waals surface area contributed by atoms with Gasteiger partial charge in [0.25, 0.3) is 0 Å². The molecule has 4 rings (SSSR count). The second-order valence-electron chi connectivity index (χ2n) is 6.88. The molecule has 0 saturated heterocycles. The molecule has 0 fully saturated rings. The maximum Gasteiger partial charge on any atom is 0.0761 e. The predicted octanol–water partition coefficient (Wildman–Crippen LogP) is 4.82. The number of nitrogen functional groups attached to an aromatic ring is 3. The number of anilines is 3. The van der Waals surface area contributed by atoms with Crippen LogP contribution < -0.4 is 17.2 Å². The molecule has 0 amide bonds. The number of rotatable bonds is 4. The predicted molar refractivity (Wildman–Crippen MR) is 118 cm³/mol.